The Balaban J connectivity index is 5.20. The largest absolute Gasteiger partial charge is 0.472 e. The number of unbranched alkanes of at least 4 members (excludes halogenated alkanes) is 36. The summed E-state index contributed by atoms with van der Waals surface area (Å²) in [5.41, 5.74) is 0. The van der Waals surface area contributed by atoms with E-state index in [0.717, 1.165) is 103 Å². The molecule has 0 saturated heterocycles. The highest BCUT2D eigenvalue weighted by atomic mass is 31.2. The van der Waals surface area contributed by atoms with Gasteiger partial charge >= 0.3 is 39.5 Å². The topological polar surface area (TPSA) is 237 Å². The average Bonchev–Trinajstić information content (AvgIpc) is 3.43. The fourth-order valence-corrected chi connectivity index (χ4v) is 10.7. The molecule has 0 bridgehead atoms. The van der Waals surface area contributed by atoms with Crippen molar-refractivity contribution in [2.75, 3.05) is 39.6 Å². The predicted octanol–water partition coefficient (Wildman–Crippen LogP) is 16.8. The molecule has 17 nitrogen and oxygen atoms in total. The number of phosphoric ester groups is 2. The van der Waals surface area contributed by atoms with Crippen LogP contribution in [0.3, 0.4) is 0 Å². The van der Waals surface area contributed by atoms with Crippen LogP contribution in [0.1, 0.15) is 310 Å². The maximum Gasteiger partial charge on any atom is 0.472 e. The molecule has 2 unspecified atom stereocenters. The molecule has 474 valence electrons. The van der Waals surface area contributed by atoms with E-state index in [-0.39, 0.29) is 25.7 Å². The van der Waals surface area contributed by atoms with Crippen molar-refractivity contribution in [1.82, 2.24) is 0 Å². The van der Waals surface area contributed by atoms with Crippen LogP contribution >= 0.6 is 15.6 Å². The van der Waals surface area contributed by atoms with Crippen molar-refractivity contribution in [2.24, 2.45) is 0 Å². The maximum absolute atomic E-state index is 12.9. The second kappa shape index (κ2) is 56.2. The molecule has 0 aromatic rings. The highest BCUT2D eigenvalue weighted by Crippen LogP contribution is 2.45. The first-order chi connectivity index (χ1) is 38.7. The third-order valence-corrected chi connectivity index (χ3v) is 16.0. The number of aliphatic hydroxyl groups is 1. The van der Waals surface area contributed by atoms with Crippen molar-refractivity contribution < 1.29 is 80.2 Å². The first-order valence-electron chi connectivity index (χ1n) is 32.3. The van der Waals surface area contributed by atoms with Crippen LogP contribution in [0.15, 0.2) is 0 Å². The van der Waals surface area contributed by atoms with E-state index in [1.54, 1.807) is 0 Å². The number of phosphoric acid groups is 2. The Morgan fingerprint density at radius 2 is 0.500 bits per heavy atom. The minimum atomic E-state index is -4.94. The molecule has 0 aliphatic rings. The molecule has 0 heterocycles. The van der Waals surface area contributed by atoms with Gasteiger partial charge in [-0.2, -0.15) is 0 Å². The number of carbonyl (C=O) groups excluding carboxylic acids is 4. The number of carbonyl (C=O) groups is 4. The van der Waals surface area contributed by atoms with E-state index >= 15 is 0 Å². The van der Waals surface area contributed by atoms with Gasteiger partial charge in [-0.05, 0) is 25.7 Å². The summed E-state index contributed by atoms with van der Waals surface area (Å²) in [6.07, 6.45) is 40.3. The van der Waals surface area contributed by atoms with E-state index < -0.39 is 97.5 Å². The number of ether oxygens (including phenoxy) is 4. The number of aliphatic hydroxyl groups excluding tert-OH is 1. The van der Waals surface area contributed by atoms with E-state index in [0.29, 0.717) is 25.7 Å². The van der Waals surface area contributed by atoms with Gasteiger partial charge in [-0.25, -0.2) is 9.13 Å². The Labute approximate surface area is 486 Å². The van der Waals surface area contributed by atoms with Crippen LogP contribution in [0.4, 0.5) is 0 Å². The quantitative estimate of drug-likeness (QED) is 0.0222. The van der Waals surface area contributed by atoms with Gasteiger partial charge in [0, 0.05) is 25.7 Å². The molecule has 0 aromatic heterocycles. The number of hydrogen-bond acceptors (Lipinski definition) is 15. The van der Waals surface area contributed by atoms with Crippen molar-refractivity contribution >= 4 is 39.5 Å². The number of rotatable bonds is 62. The lowest BCUT2D eigenvalue weighted by molar-refractivity contribution is -0.161. The molecule has 0 rings (SSSR count). The molecular formula is C61H118O17P2. The van der Waals surface area contributed by atoms with Gasteiger partial charge < -0.3 is 33.8 Å². The summed E-state index contributed by atoms with van der Waals surface area (Å²) in [4.78, 5) is 71.9. The van der Waals surface area contributed by atoms with Crippen LogP contribution in [-0.4, -0.2) is 96.7 Å². The van der Waals surface area contributed by atoms with Gasteiger partial charge in [0.2, 0.25) is 0 Å². The Morgan fingerprint density at radius 3 is 0.738 bits per heavy atom. The molecule has 0 spiro atoms. The predicted molar refractivity (Wildman–Crippen MR) is 317 cm³/mol. The highest BCUT2D eigenvalue weighted by Gasteiger charge is 2.30. The summed E-state index contributed by atoms with van der Waals surface area (Å²) in [6, 6.07) is 0. The molecular weight excluding hydrogens is 1070 g/mol. The molecule has 0 amide bonds. The maximum atomic E-state index is 12.9. The lowest BCUT2D eigenvalue weighted by atomic mass is 10.0. The molecule has 3 N–H and O–H groups in total. The Morgan fingerprint density at radius 1 is 0.300 bits per heavy atom. The van der Waals surface area contributed by atoms with E-state index in [9.17, 15) is 43.2 Å². The summed E-state index contributed by atoms with van der Waals surface area (Å²) in [6.45, 7) is 4.82. The van der Waals surface area contributed by atoms with Gasteiger partial charge in [0.1, 0.15) is 19.3 Å². The summed E-state index contributed by atoms with van der Waals surface area (Å²) in [7, 11) is -9.87. The SMILES string of the molecule is CCCCCCCCCCCCCCCC(=O)O[C@H](COC(=O)CCCCCCCCCCCC)COP(=O)(O)OC[C@@H](O)COP(=O)(O)OC[C@@H](COC(=O)CCCCCCCCC)OC(=O)CCCCCCCCCCCC. The third kappa shape index (κ3) is 55.3. The van der Waals surface area contributed by atoms with E-state index in [1.807, 2.05) is 0 Å². The van der Waals surface area contributed by atoms with Gasteiger partial charge in [-0.15, -0.1) is 0 Å². The Hall–Kier alpha value is -1.94. The zero-order chi connectivity index (χ0) is 59.1. The number of hydrogen-bond donors (Lipinski definition) is 3. The molecule has 0 saturated carbocycles. The first-order valence-corrected chi connectivity index (χ1v) is 35.3. The van der Waals surface area contributed by atoms with Crippen LogP contribution in [0.2, 0.25) is 0 Å². The minimum Gasteiger partial charge on any atom is -0.462 e. The van der Waals surface area contributed by atoms with Gasteiger partial charge in [0.25, 0.3) is 0 Å². The zero-order valence-corrected chi connectivity index (χ0v) is 52.8. The fraction of sp³-hybridized carbons (Fsp3) is 0.934. The fourth-order valence-electron chi connectivity index (χ4n) is 9.10. The van der Waals surface area contributed by atoms with E-state index in [4.69, 9.17) is 37.0 Å². The monoisotopic (exact) mass is 1180 g/mol. The van der Waals surface area contributed by atoms with Gasteiger partial charge in [0.05, 0.1) is 26.4 Å². The van der Waals surface area contributed by atoms with Crippen LogP contribution in [0, 0.1) is 0 Å². The molecule has 80 heavy (non-hydrogen) atoms. The summed E-state index contributed by atoms with van der Waals surface area (Å²) in [5.74, 6) is -2.14. The van der Waals surface area contributed by atoms with Gasteiger partial charge in [-0.3, -0.25) is 37.3 Å². The van der Waals surface area contributed by atoms with Crippen LogP contribution in [0.25, 0.3) is 0 Å². The lowest BCUT2D eigenvalue weighted by Gasteiger charge is -2.21. The second-order valence-corrected chi connectivity index (χ2v) is 25.0. The molecule has 0 fully saturated rings. The number of esters is 4. The standard InChI is InChI=1S/C61H118O17P2/c1-5-9-13-17-21-24-27-28-29-32-36-40-44-48-61(66)78-57(52-72-59(64)46-42-38-34-30-25-22-18-14-10-6-2)54-76-80(69,70)74-50-55(62)49-73-79(67,68)75-53-56(51-71-58(63)45-41-37-33-20-16-12-8-4)77-60(65)47-43-39-35-31-26-23-19-15-11-7-3/h55-57,62H,5-54H2,1-4H3,(H,67,68)(H,69,70)/t55-,56+,57+/m0/s1. The zero-order valence-electron chi connectivity index (χ0n) is 51.0. The molecule has 0 aliphatic heterocycles. The van der Waals surface area contributed by atoms with E-state index in [2.05, 4.69) is 27.7 Å². The third-order valence-electron chi connectivity index (χ3n) is 14.1. The summed E-state index contributed by atoms with van der Waals surface area (Å²) >= 11 is 0. The summed E-state index contributed by atoms with van der Waals surface area (Å²) in [5, 5.41) is 10.5. The van der Waals surface area contributed by atoms with Crippen LogP contribution in [-0.2, 0) is 65.4 Å². The van der Waals surface area contributed by atoms with E-state index in [1.165, 1.54) is 128 Å². The molecule has 0 aromatic carbocycles. The van der Waals surface area contributed by atoms with Crippen molar-refractivity contribution in [1.29, 1.82) is 0 Å². The smallest absolute Gasteiger partial charge is 0.462 e. The van der Waals surface area contributed by atoms with Crippen molar-refractivity contribution in [3.8, 4) is 0 Å². The minimum absolute atomic E-state index is 0.106. The second-order valence-electron chi connectivity index (χ2n) is 22.1. The van der Waals surface area contributed by atoms with Gasteiger partial charge in [0.15, 0.2) is 12.2 Å². The highest BCUT2D eigenvalue weighted by molar-refractivity contribution is 7.47. The Kier molecular flexibility index (Phi) is 54.8. The van der Waals surface area contributed by atoms with Crippen LogP contribution in [0.5, 0.6) is 0 Å². The molecule has 0 aliphatic carbocycles. The Bertz CT molecular complexity index is 1550. The molecule has 5 atom stereocenters. The van der Waals surface area contributed by atoms with Crippen molar-refractivity contribution in [2.45, 2.75) is 329 Å². The van der Waals surface area contributed by atoms with Crippen molar-refractivity contribution in [3.63, 3.8) is 0 Å². The van der Waals surface area contributed by atoms with Crippen LogP contribution < -0.4 is 0 Å². The van der Waals surface area contributed by atoms with Gasteiger partial charge in [-0.1, -0.05) is 259 Å². The molecule has 0 radical (unpaired) electrons. The van der Waals surface area contributed by atoms with Crippen molar-refractivity contribution in [3.05, 3.63) is 0 Å². The summed E-state index contributed by atoms with van der Waals surface area (Å²) < 4.78 is 67.8. The normalized spacial score (nSPS) is 14.2. The lowest BCUT2D eigenvalue weighted by Crippen LogP contribution is -2.30. The first kappa shape index (κ1) is 78.1. The average molecular weight is 1190 g/mol. The molecule has 19 heteroatoms.